The van der Waals surface area contributed by atoms with E-state index in [1.165, 1.54) is 18.2 Å². The predicted molar refractivity (Wildman–Crippen MR) is 179 cm³/mol. The third-order valence-corrected chi connectivity index (χ3v) is 7.35. The first-order chi connectivity index (χ1) is 21.5. The normalized spacial score (nSPS) is 13.9. The number of esters is 3. The van der Waals surface area contributed by atoms with Gasteiger partial charge in [-0.3, -0.25) is 0 Å². The number of carbonyl (C=O) groups is 3. The lowest BCUT2D eigenvalue weighted by atomic mass is 9.94. The molecule has 0 heterocycles. The van der Waals surface area contributed by atoms with Gasteiger partial charge in [0, 0.05) is 20.0 Å². The molecule has 11 heteroatoms. The van der Waals surface area contributed by atoms with Gasteiger partial charge in [0.05, 0.1) is 48.8 Å². The highest BCUT2D eigenvalue weighted by atomic mass is 16.6. The molecule has 270 valence electrons. The highest BCUT2D eigenvalue weighted by Gasteiger charge is 2.30. The van der Waals surface area contributed by atoms with Crippen LogP contribution in [0.1, 0.15) is 129 Å². The van der Waals surface area contributed by atoms with Crippen LogP contribution in [0.4, 0.5) is 0 Å². The van der Waals surface area contributed by atoms with E-state index in [2.05, 4.69) is 0 Å². The van der Waals surface area contributed by atoms with Crippen LogP contribution in [0.5, 0.6) is 5.75 Å². The molecule has 0 radical (unpaired) electrons. The van der Waals surface area contributed by atoms with Crippen molar-refractivity contribution in [3.05, 3.63) is 29.3 Å². The van der Waals surface area contributed by atoms with E-state index in [4.69, 9.17) is 33.2 Å². The maximum absolute atomic E-state index is 13.4. The quantitative estimate of drug-likeness (QED) is 0.0878. The molecule has 0 saturated heterocycles. The van der Waals surface area contributed by atoms with E-state index in [1.54, 1.807) is 55.6 Å². The van der Waals surface area contributed by atoms with Gasteiger partial charge in [-0.05, 0) is 107 Å². The van der Waals surface area contributed by atoms with Crippen LogP contribution >= 0.6 is 0 Å². The van der Waals surface area contributed by atoms with Gasteiger partial charge in [0.1, 0.15) is 22.6 Å². The minimum Gasteiger partial charge on any atom is -0.482 e. The molecule has 1 rings (SSSR count). The van der Waals surface area contributed by atoms with E-state index in [9.17, 15) is 19.5 Å². The van der Waals surface area contributed by atoms with Crippen molar-refractivity contribution in [3.63, 3.8) is 0 Å². The van der Waals surface area contributed by atoms with Crippen molar-refractivity contribution in [2.45, 2.75) is 136 Å². The Hall–Kier alpha value is -2.73. The number of rotatable bonds is 21. The molecule has 0 saturated carbocycles. The van der Waals surface area contributed by atoms with E-state index in [1.807, 2.05) is 27.7 Å². The maximum Gasteiger partial charge on any atom is 0.344 e. The molecule has 0 aromatic heterocycles. The number of benzene rings is 1. The van der Waals surface area contributed by atoms with Crippen LogP contribution in [-0.2, 0) is 33.2 Å². The smallest absolute Gasteiger partial charge is 0.344 e. The summed E-state index contributed by atoms with van der Waals surface area (Å²) in [5.74, 6) is -1.84. The summed E-state index contributed by atoms with van der Waals surface area (Å²) < 4.78 is 39.4. The molecule has 1 unspecified atom stereocenters. The van der Waals surface area contributed by atoms with Gasteiger partial charge in [-0.25, -0.2) is 14.4 Å². The van der Waals surface area contributed by atoms with E-state index in [-0.39, 0.29) is 16.9 Å². The highest BCUT2D eigenvalue weighted by molar-refractivity contribution is 5.96. The fourth-order valence-corrected chi connectivity index (χ4v) is 4.15. The zero-order valence-corrected chi connectivity index (χ0v) is 30.8. The third kappa shape index (κ3) is 18.4. The maximum atomic E-state index is 13.4. The van der Waals surface area contributed by atoms with Crippen LogP contribution in [0.25, 0.3) is 0 Å². The second-order valence-corrected chi connectivity index (χ2v) is 15.0. The monoisotopic (exact) mass is 668 g/mol. The molecule has 47 heavy (non-hydrogen) atoms. The standard InChI is InChI=1S/C36H60O11/c1-13-36(11,17-18-42-21-20-41-12)45-29(37)25-43-28-23-26(30(38)46-32(2,3)4)22-27(24-28)31(39)47-35(9,10)16-19-44-34(7,8)15-14-33(5,6)40/h22-24,40H,13-21,25H2,1-12H3. The Morgan fingerprint density at radius 3 is 1.81 bits per heavy atom. The largest absolute Gasteiger partial charge is 0.482 e. The van der Waals surface area contributed by atoms with Crippen LogP contribution in [0.2, 0.25) is 0 Å². The van der Waals surface area contributed by atoms with E-state index in [0.29, 0.717) is 58.5 Å². The summed E-state index contributed by atoms with van der Waals surface area (Å²) >= 11 is 0. The van der Waals surface area contributed by atoms with E-state index < -0.39 is 52.5 Å². The first kappa shape index (κ1) is 42.3. The first-order valence-corrected chi connectivity index (χ1v) is 16.4. The summed E-state index contributed by atoms with van der Waals surface area (Å²) in [6.45, 7) is 21.1. The van der Waals surface area contributed by atoms with E-state index in [0.717, 1.165) is 0 Å². The Bertz CT molecular complexity index is 1140. The summed E-state index contributed by atoms with van der Waals surface area (Å²) in [5.41, 5.74) is -3.58. The first-order valence-electron chi connectivity index (χ1n) is 16.4. The SMILES string of the molecule is CCC(C)(CCOCCOC)OC(=O)COc1cc(C(=O)OC(C)(C)C)cc(C(=O)OC(C)(C)CCOC(C)(C)CCC(C)(C)O)c1. The lowest BCUT2D eigenvalue weighted by molar-refractivity contribution is -0.162. The Labute approximate surface area is 281 Å². The number of methoxy groups -OCH3 is 1. The van der Waals surface area contributed by atoms with Crippen molar-refractivity contribution >= 4 is 17.9 Å². The van der Waals surface area contributed by atoms with Crippen molar-refractivity contribution < 1.29 is 52.6 Å². The summed E-state index contributed by atoms with van der Waals surface area (Å²) in [4.78, 5) is 39.1. The van der Waals surface area contributed by atoms with Crippen molar-refractivity contribution in [1.82, 2.24) is 0 Å². The predicted octanol–water partition coefficient (Wildman–Crippen LogP) is 6.46. The van der Waals surface area contributed by atoms with Crippen LogP contribution < -0.4 is 4.74 Å². The summed E-state index contributed by atoms with van der Waals surface area (Å²) in [7, 11) is 1.60. The summed E-state index contributed by atoms with van der Waals surface area (Å²) in [6, 6.07) is 4.21. The van der Waals surface area contributed by atoms with Gasteiger partial charge < -0.3 is 38.3 Å². The fourth-order valence-electron chi connectivity index (χ4n) is 4.15. The lowest BCUT2D eigenvalue weighted by Crippen LogP contribution is -2.34. The van der Waals surface area contributed by atoms with Gasteiger partial charge in [-0.2, -0.15) is 0 Å². The molecule has 0 aliphatic rings. The molecule has 0 aliphatic carbocycles. The molecule has 0 bridgehead atoms. The Kier molecular flexibility index (Phi) is 16.3. The molecule has 0 aliphatic heterocycles. The summed E-state index contributed by atoms with van der Waals surface area (Å²) in [5, 5.41) is 10.1. The molecule has 1 aromatic carbocycles. The highest BCUT2D eigenvalue weighted by Crippen LogP contribution is 2.27. The fraction of sp³-hybridized carbons (Fsp3) is 0.750. The number of hydrogen-bond acceptors (Lipinski definition) is 11. The van der Waals surface area contributed by atoms with Crippen LogP contribution in [-0.4, -0.2) is 91.2 Å². The Morgan fingerprint density at radius 1 is 0.681 bits per heavy atom. The average molecular weight is 669 g/mol. The minimum atomic E-state index is -0.909. The van der Waals surface area contributed by atoms with Crippen molar-refractivity contribution in [2.75, 3.05) is 40.1 Å². The molecule has 1 N–H and O–H groups in total. The minimum absolute atomic E-state index is 0.0582. The van der Waals surface area contributed by atoms with Gasteiger partial charge in [-0.1, -0.05) is 6.92 Å². The summed E-state index contributed by atoms with van der Waals surface area (Å²) in [6.07, 6.45) is 2.69. The van der Waals surface area contributed by atoms with Crippen LogP contribution in [0.15, 0.2) is 18.2 Å². The molecule has 0 fully saturated rings. The van der Waals surface area contributed by atoms with Crippen molar-refractivity contribution in [3.8, 4) is 5.75 Å². The van der Waals surface area contributed by atoms with E-state index >= 15 is 0 Å². The average Bonchev–Trinajstić information content (AvgIpc) is 2.93. The second kappa shape index (κ2) is 18.1. The van der Waals surface area contributed by atoms with Gasteiger partial charge in [0.25, 0.3) is 0 Å². The molecular formula is C36H60O11. The number of hydrogen-bond donors (Lipinski definition) is 1. The zero-order valence-electron chi connectivity index (χ0n) is 30.8. The molecule has 1 aromatic rings. The lowest BCUT2D eigenvalue weighted by Gasteiger charge is -2.31. The number of carbonyl (C=O) groups excluding carboxylic acids is 3. The number of ether oxygens (including phenoxy) is 7. The Balaban J connectivity index is 3.02. The molecule has 1 atom stereocenters. The van der Waals surface area contributed by atoms with Gasteiger partial charge >= 0.3 is 17.9 Å². The van der Waals surface area contributed by atoms with Gasteiger partial charge in [-0.15, -0.1) is 0 Å². The third-order valence-electron chi connectivity index (χ3n) is 7.35. The number of aliphatic hydroxyl groups is 1. The van der Waals surface area contributed by atoms with Gasteiger partial charge in [0.2, 0.25) is 0 Å². The van der Waals surface area contributed by atoms with Gasteiger partial charge in [0.15, 0.2) is 6.61 Å². The van der Waals surface area contributed by atoms with Crippen LogP contribution in [0.3, 0.4) is 0 Å². The molecule has 11 nitrogen and oxygen atoms in total. The van der Waals surface area contributed by atoms with Crippen molar-refractivity contribution in [2.24, 2.45) is 0 Å². The topological polar surface area (TPSA) is 136 Å². The van der Waals surface area contributed by atoms with Crippen molar-refractivity contribution in [1.29, 1.82) is 0 Å². The van der Waals surface area contributed by atoms with Crippen LogP contribution in [0, 0.1) is 0 Å². The second-order valence-electron chi connectivity index (χ2n) is 15.0. The molecule has 0 spiro atoms. The molecular weight excluding hydrogens is 608 g/mol. The molecule has 0 amide bonds. The Morgan fingerprint density at radius 2 is 1.28 bits per heavy atom. The zero-order chi connectivity index (χ0) is 36.1.